The van der Waals surface area contributed by atoms with E-state index in [1.165, 1.54) is 5.56 Å². The van der Waals surface area contributed by atoms with E-state index in [4.69, 9.17) is 0 Å². The maximum atomic E-state index is 13.0. The van der Waals surface area contributed by atoms with E-state index in [2.05, 4.69) is 24.1 Å². The number of hydrogen-bond acceptors (Lipinski definition) is 2. The van der Waals surface area contributed by atoms with E-state index in [-0.39, 0.29) is 5.82 Å². The molecule has 1 unspecified atom stereocenters. The number of fused-ring (bicyclic) bond motifs is 1. The lowest BCUT2D eigenvalue weighted by molar-refractivity contribution is 0.221. The van der Waals surface area contributed by atoms with Crippen molar-refractivity contribution in [1.82, 2.24) is 4.90 Å². The maximum absolute atomic E-state index is 13.0. The van der Waals surface area contributed by atoms with Gasteiger partial charge < -0.3 is 5.32 Å². The summed E-state index contributed by atoms with van der Waals surface area (Å²) in [6.45, 7) is 7.42. The summed E-state index contributed by atoms with van der Waals surface area (Å²) in [6.07, 6.45) is 1.02. The molecule has 1 aliphatic heterocycles. The molecule has 0 radical (unpaired) electrons. The summed E-state index contributed by atoms with van der Waals surface area (Å²) in [7, 11) is 0. The summed E-state index contributed by atoms with van der Waals surface area (Å²) in [5.74, 6) is -0.160. The molecule has 1 N–H and O–H groups in total. The summed E-state index contributed by atoms with van der Waals surface area (Å²) in [6, 6.07) is 5.57. The number of nitrogens with one attached hydrogen (secondary N) is 1. The monoisotopic (exact) mass is 222 g/mol. The van der Waals surface area contributed by atoms with Crippen LogP contribution in [0.5, 0.6) is 0 Å². The van der Waals surface area contributed by atoms with Crippen LogP contribution in [0, 0.1) is 5.82 Å². The highest BCUT2D eigenvalue weighted by molar-refractivity contribution is 5.53. The fourth-order valence-electron chi connectivity index (χ4n) is 2.44. The Bertz CT molecular complexity index is 361. The Balaban J connectivity index is 2.14. The molecule has 88 valence electrons. The Morgan fingerprint density at radius 1 is 1.38 bits per heavy atom. The molecule has 0 saturated heterocycles. The third-order valence-corrected chi connectivity index (χ3v) is 3.38. The molecule has 0 aliphatic carbocycles. The Morgan fingerprint density at radius 2 is 2.12 bits per heavy atom. The van der Waals surface area contributed by atoms with Gasteiger partial charge in [-0.05, 0) is 37.2 Å². The van der Waals surface area contributed by atoms with Gasteiger partial charge in [0, 0.05) is 18.3 Å². The molecule has 2 nitrogen and oxygen atoms in total. The summed E-state index contributed by atoms with van der Waals surface area (Å²) in [5.41, 5.74) is 2.19. The molecule has 1 aliphatic rings. The predicted molar refractivity (Wildman–Crippen MR) is 65.3 cm³/mol. The summed E-state index contributed by atoms with van der Waals surface area (Å²) in [5, 5.41) is 3.32. The first-order valence-corrected chi connectivity index (χ1v) is 6.01. The average Bonchev–Trinajstić information content (AvgIpc) is 2.31. The molecule has 0 saturated carbocycles. The van der Waals surface area contributed by atoms with Crippen LogP contribution in [0.2, 0.25) is 0 Å². The lowest BCUT2D eigenvalue weighted by Gasteiger charge is -2.34. The molecule has 1 aromatic carbocycles. The molecular weight excluding hydrogens is 203 g/mol. The van der Waals surface area contributed by atoms with E-state index in [9.17, 15) is 4.39 Å². The van der Waals surface area contributed by atoms with Crippen molar-refractivity contribution >= 4 is 5.69 Å². The molecule has 2 rings (SSSR count). The van der Waals surface area contributed by atoms with Crippen molar-refractivity contribution < 1.29 is 4.39 Å². The second-order valence-corrected chi connectivity index (χ2v) is 4.26. The van der Waals surface area contributed by atoms with Crippen LogP contribution in [0.3, 0.4) is 0 Å². The minimum absolute atomic E-state index is 0.160. The Hall–Kier alpha value is -1.09. The number of halogens is 1. The molecule has 16 heavy (non-hydrogen) atoms. The Morgan fingerprint density at radius 3 is 2.81 bits per heavy atom. The van der Waals surface area contributed by atoms with Crippen molar-refractivity contribution in [2.75, 3.05) is 25.0 Å². The van der Waals surface area contributed by atoms with Crippen molar-refractivity contribution in [3.8, 4) is 0 Å². The molecule has 0 fully saturated rings. The van der Waals surface area contributed by atoms with Gasteiger partial charge in [0.15, 0.2) is 0 Å². The van der Waals surface area contributed by atoms with Gasteiger partial charge in [-0.3, -0.25) is 4.90 Å². The van der Waals surface area contributed by atoms with Crippen LogP contribution < -0.4 is 5.32 Å². The number of benzene rings is 1. The zero-order chi connectivity index (χ0) is 11.5. The van der Waals surface area contributed by atoms with Gasteiger partial charge in [-0.2, -0.15) is 0 Å². The average molecular weight is 222 g/mol. The lowest BCUT2D eigenvalue weighted by Crippen LogP contribution is -2.43. The van der Waals surface area contributed by atoms with Crippen molar-refractivity contribution in [3.63, 3.8) is 0 Å². The first-order chi connectivity index (χ1) is 7.74. The fourth-order valence-corrected chi connectivity index (χ4v) is 2.44. The quantitative estimate of drug-likeness (QED) is 0.845. The first kappa shape index (κ1) is 11.4. The summed E-state index contributed by atoms with van der Waals surface area (Å²) in [4.78, 5) is 2.44. The van der Waals surface area contributed by atoms with Crippen LogP contribution in [-0.4, -0.2) is 30.6 Å². The van der Waals surface area contributed by atoms with E-state index in [0.29, 0.717) is 6.04 Å². The molecule has 0 bridgehead atoms. The summed E-state index contributed by atoms with van der Waals surface area (Å²) >= 11 is 0. The minimum atomic E-state index is -0.160. The van der Waals surface area contributed by atoms with Gasteiger partial charge in [0.1, 0.15) is 5.82 Å². The van der Waals surface area contributed by atoms with Gasteiger partial charge in [0.25, 0.3) is 0 Å². The van der Waals surface area contributed by atoms with Crippen LogP contribution in [0.4, 0.5) is 10.1 Å². The summed E-state index contributed by atoms with van der Waals surface area (Å²) < 4.78 is 13.0. The van der Waals surface area contributed by atoms with Gasteiger partial charge in [-0.25, -0.2) is 4.39 Å². The van der Waals surface area contributed by atoms with E-state index in [1.54, 1.807) is 12.1 Å². The van der Waals surface area contributed by atoms with Crippen molar-refractivity contribution in [2.24, 2.45) is 0 Å². The molecule has 1 aromatic rings. The number of hydrogen-bond donors (Lipinski definition) is 1. The van der Waals surface area contributed by atoms with E-state index in [1.807, 2.05) is 6.07 Å². The molecule has 1 heterocycles. The highest BCUT2D eigenvalue weighted by Crippen LogP contribution is 2.24. The van der Waals surface area contributed by atoms with Gasteiger partial charge in [-0.15, -0.1) is 0 Å². The minimum Gasteiger partial charge on any atom is -0.383 e. The second kappa shape index (κ2) is 4.83. The molecule has 3 heteroatoms. The van der Waals surface area contributed by atoms with Gasteiger partial charge in [0.2, 0.25) is 0 Å². The SMILES string of the molecule is CCN(CC)C1CNc2cc(F)ccc2C1. The van der Waals surface area contributed by atoms with Gasteiger partial charge in [0.05, 0.1) is 0 Å². The van der Waals surface area contributed by atoms with E-state index >= 15 is 0 Å². The smallest absolute Gasteiger partial charge is 0.125 e. The largest absolute Gasteiger partial charge is 0.383 e. The maximum Gasteiger partial charge on any atom is 0.125 e. The fraction of sp³-hybridized carbons (Fsp3) is 0.538. The van der Waals surface area contributed by atoms with Gasteiger partial charge in [-0.1, -0.05) is 19.9 Å². The zero-order valence-electron chi connectivity index (χ0n) is 9.96. The van der Waals surface area contributed by atoms with Crippen LogP contribution in [0.1, 0.15) is 19.4 Å². The number of likely N-dealkylation sites (N-methyl/N-ethyl adjacent to an activating group) is 1. The number of rotatable bonds is 3. The van der Waals surface area contributed by atoms with Crippen LogP contribution >= 0.6 is 0 Å². The normalized spacial score (nSPS) is 19.4. The van der Waals surface area contributed by atoms with Crippen molar-refractivity contribution in [3.05, 3.63) is 29.6 Å². The van der Waals surface area contributed by atoms with Crippen LogP contribution in [0.25, 0.3) is 0 Å². The third kappa shape index (κ3) is 2.19. The zero-order valence-corrected chi connectivity index (χ0v) is 9.96. The van der Waals surface area contributed by atoms with E-state index < -0.39 is 0 Å². The lowest BCUT2D eigenvalue weighted by atomic mass is 9.98. The third-order valence-electron chi connectivity index (χ3n) is 3.38. The first-order valence-electron chi connectivity index (χ1n) is 6.01. The van der Waals surface area contributed by atoms with Gasteiger partial charge >= 0.3 is 0 Å². The second-order valence-electron chi connectivity index (χ2n) is 4.26. The van der Waals surface area contributed by atoms with Crippen LogP contribution in [0.15, 0.2) is 18.2 Å². The number of nitrogens with zero attached hydrogens (tertiary/aromatic N) is 1. The Labute approximate surface area is 96.5 Å². The van der Waals surface area contributed by atoms with Crippen molar-refractivity contribution in [2.45, 2.75) is 26.3 Å². The van der Waals surface area contributed by atoms with Crippen molar-refractivity contribution in [1.29, 1.82) is 0 Å². The molecule has 1 atom stereocenters. The Kier molecular flexibility index (Phi) is 3.44. The molecular formula is C13H19FN2. The number of anilines is 1. The molecule has 0 amide bonds. The highest BCUT2D eigenvalue weighted by atomic mass is 19.1. The highest BCUT2D eigenvalue weighted by Gasteiger charge is 2.22. The molecule has 0 aromatic heterocycles. The van der Waals surface area contributed by atoms with Crippen LogP contribution in [-0.2, 0) is 6.42 Å². The topological polar surface area (TPSA) is 15.3 Å². The predicted octanol–water partition coefficient (Wildman–Crippen LogP) is 2.50. The van der Waals surface area contributed by atoms with E-state index in [0.717, 1.165) is 31.7 Å². The standard InChI is InChI=1S/C13H19FN2/c1-3-16(4-2)12-7-10-5-6-11(14)8-13(10)15-9-12/h5-6,8,12,15H,3-4,7,9H2,1-2H3. The molecule has 0 spiro atoms.